The Morgan fingerprint density at radius 3 is 2.75 bits per heavy atom. The summed E-state index contributed by atoms with van der Waals surface area (Å²) in [6.07, 6.45) is 2.11. The molecule has 6 nitrogen and oxygen atoms in total. The number of fused-ring (bicyclic) bond motifs is 1. The fraction of sp³-hybridized carbons (Fsp3) is 0.273. The van der Waals surface area contributed by atoms with E-state index in [9.17, 15) is 9.90 Å². The van der Waals surface area contributed by atoms with Crippen molar-refractivity contribution in [2.75, 3.05) is 13.7 Å². The minimum Gasteiger partial charge on any atom is -0.504 e. The number of aromatic nitrogens is 1. The molecule has 1 aromatic heterocycles. The van der Waals surface area contributed by atoms with Crippen LogP contribution in [0.15, 0.2) is 48.7 Å². The van der Waals surface area contributed by atoms with E-state index in [1.165, 1.54) is 7.11 Å². The summed E-state index contributed by atoms with van der Waals surface area (Å²) in [6, 6.07) is 13.0. The molecule has 1 aliphatic rings. The van der Waals surface area contributed by atoms with Gasteiger partial charge in [0.1, 0.15) is 11.9 Å². The number of hydrogen-bond donors (Lipinski definition) is 2. The van der Waals surface area contributed by atoms with Crippen molar-refractivity contribution < 1.29 is 19.4 Å². The third-order valence-corrected chi connectivity index (χ3v) is 5.18. The van der Waals surface area contributed by atoms with Gasteiger partial charge in [-0.3, -0.25) is 9.78 Å². The van der Waals surface area contributed by atoms with Crippen LogP contribution in [0, 0.1) is 5.92 Å². The first-order valence-corrected chi connectivity index (χ1v) is 9.24. The Morgan fingerprint density at radius 2 is 2.00 bits per heavy atom. The lowest BCUT2D eigenvalue weighted by molar-refractivity contribution is -0.119. The van der Waals surface area contributed by atoms with Crippen LogP contribution in [0.1, 0.15) is 13.3 Å². The van der Waals surface area contributed by atoms with Crippen LogP contribution in [0.3, 0.4) is 0 Å². The highest BCUT2D eigenvalue weighted by molar-refractivity contribution is 5.90. The number of aromatic hydroxyl groups is 1. The fourth-order valence-corrected chi connectivity index (χ4v) is 3.53. The number of hydrogen-bond acceptors (Lipinski definition) is 5. The number of rotatable bonds is 5. The molecule has 2 N–H and O–H groups in total. The van der Waals surface area contributed by atoms with Crippen molar-refractivity contribution in [3.8, 4) is 28.4 Å². The highest BCUT2D eigenvalue weighted by Crippen LogP contribution is 2.36. The van der Waals surface area contributed by atoms with Gasteiger partial charge in [-0.15, -0.1) is 0 Å². The summed E-state index contributed by atoms with van der Waals surface area (Å²) >= 11 is 0. The summed E-state index contributed by atoms with van der Waals surface area (Å²) in [6.45, 7) is 2.62. The molecule has 3 aromatic rings. The van der Waals surface area contributed by atoms with Crippen molar-refractivity contribution in [3.05, 3.63) is 48.7 Å². The zero-order valence-corrected chi connectivity index (χ0v) is 15.8. The van der Waals surface area contributed by atoms with E-state index >= 15 is 0 Å². The molecule has 4 rings (SSSR count). The molecule has 0 bridgehead atoms. The number of methoxy groups -OCH3 is 1. The number of carbonyl (C=O) groups is 1. The Hall–Kier alpha value is -3.28. The number of benzene rings is 2. The van der Waals surface area contributed by atoms with E-state index in [-0.39, 0.29) is 23.7 Å². The van der Waals surface area contributed by atoms with Crippen molar-refractivity contribution >= 4 is 16.8 Å². The Bertz CT molecular complexity index is 1030. The number of nitrogens with zero attached hydrogens (tertiary/aromatic N) is 1. The lowest BCUT2D eigenvalue weighted by atomic mass is 10.0. The van der Waals surface area contributed by atoms with Gasteiger partial charge in [0.15, 0.2) is 11.5 Å². The summed E-state index contributed by atoms with van der Waals surface area (Å²) in [5, 5.41) is 13.7. The van der Waals surface area contributed by atoms with Crippen LogP contribution in [0.25, 0.3) is 22.0 Å². The number of carbonyl (C=O) groups excluding carboxylic acids is 1. The van der Waals surface area contributed by atoms with Gasteiger partial charge in [-0.1, -0.05) is 6.07 Å². The zero-order chi connectivity index (χ0) is 19.7. The first-order valence-electron chi connectivity index (χ1n) is 9.24. The standard InChI is InChI=1S/C22H22N2O4/c1-13(16-11-22(26)24-12-16)28-20-10-15(8-18-17(20)4-3-7-23-18)14-5-6-19(25)21(9-14)27-2/h3-10,13,16,25H,11-12H2,1-2H3,(H,24,26)/t13-,16+/m1/s1. The van der Waals surface area contributed by atoms with Crippen LogP contribution < -0.4 is 14.8 Å². The Balaban J connectivity index is 1.74. The van der Waals surface area contributed by atoms with Crippen LogP contribution in [0.4, 0.5) is 0 Å². The molecule has 144 valence electrons. The van der Waals surface area contributed by atoms with E-state index in [1.54, 1.807) is 18.3 Å². The molecule has 1 aliphatic heterocycles. The van der Waals surface area contributed by atoms with Crippen LogP contribution in [-0.4, -0.2) is 35.8 Å². The number of phenols is 1. The SMILES string of the molecule is COc1cc(-c2cc(O[C@H](C)[C@@H]3CNC(=O)C3)c3cccnc3c2)ccc1O. The van der Waals surface area contributed by atoms with Crippen molar-refractivity contribution in [1.82, 2.24) is 10.3 Å². The second-order valence-electron chi connectivity index (χ2n) is 7.02. The summed E-state index contributed by atoms with van der Waals surface area (Å²) < 4.78 is 11.5. The van der Waals surface area contributed by atoms with Gasteiger partial charge in [0.25, 0.3) is 0 Å². The molecule has 0 aliphatic carbocycles. The van der Waals surface area contributed by atoms with E-state index in [0.717, 1.165) is 27.8 Å². The third-order valence-electron chi connectivity index (χ3n) is 5.18. The molecule has 0 saturated carbocycles. The second-order valence-corrected chi connectivity index (χ2v) is 7.02. The molecule has 0 spiro atoms. The largest absolute Gasteiger partial charge is 0.504 e. The zero-order valence-electron chi connectivity index (χ0n) is 15.8. The molecule has 0 unspecified atom stereocenters. The average Bonchev–Trinajstić information content (AvgIpc) is 3.15. The molecular weight excluding hydrogens is 356 g/mol. The van der Waals surface area contributed by atoms with E-state index in [2.05, 4.69) is 10.3 Å². The van der Waals surface area contributed by atoms with Gasteiger partial charge in [0, 0.05) is 30.5 Å². The number of pyridine rings is 1. The van der Waals surface area contributed by atoms with Crippen LogP contribution in [-0.2, 0) is 4.79 Å². The molecule has 28 heavy (non-hydrogen) atoms. The van der Waals surface area contributed by atoms with Crippen LogP contribution >= 0.6 is 0 Å². The Morgan fingerprint density at radius 1 is 1.18 bits per heavy atom. The fourth-order valence-electron chi connectivity index (χ4n) is 3.53. The Labute approximate surface area is 163 Å². The minimum absolute atomic E-state index is 0.0666. The van der Waals surface area contributed by atoms with E-state index in [4.69, 9.17) is 9.47 Å². The summed E-state index contributed by atoms with van der Waals surface area (Å²) in [5.41, 5.74) is 2.61. The topological polar surface area (TPSA) is 80.7 Å². The molecular formula is C22H22N2O4. The van der Waals surface area contributed by atoms with E-state index < -0.39 is 0 Å². The third kappa shape index (κ3) is 3.45. The summed E-state index contributed by atoms with van der Waals surface area (Å²) in [4.78, 5) is 16.0. The van der Waals surface area contributed by atoms with Crippen LogP contribution in [0.5, 0.6) is 17.2 Å². The van der Waals surface area contributed by atoms with Crippen molar-refractivity contribution in [2.45, 2.75) is 19.4 Å². The monoisotopic (exact) mass is 378 g/mol. The quantitative estimate of drug-likeness (QED) is 0.710. The number of ether oxygens (including phenoxy) is 2. The van der Waals surface area contributed by atoms with Crippen molar-refractivity contribution in [1.29, 1.82) is 0 Å². The van der Waals surface area contributed by atoms with Crippen LogP contribution in [0.2, 0.25) is 0 Å². The highest BCUT2D eigenvalue weighted by Gasteiger charge is 2.28. The first kappa shape index (κ1) is 18.1. The van der Waals surface area contributed by atoms with Gasteiger partial charge in [-0.05, 0) is 54.4 Å². The number of amides is 1. The maximum Gasteiger partial charge on any atom is 0.220 e. The molecule has 1 saturated heterocycles. The Kier molecular flexibility index (Phi) is 4.77. The van der Waals surface area contributed by atoms with Gasteiger partial charge in [0.05, 0.1) is 12.6 Å². The molecule has 2 aromatic carbocycles. The molecule has 2 heterocycles. The van der Waals surface area contributed by atoms with Gasteiger partial charge in [-0.2, -0.15) is 0 Å². The lowest BCUT2D eigenvalue weighted by Gasteiger charge is -2.21. The molecule has 2 atom stereocenters. The first-order chi connectivity index (χ1) is 13.5. The second kappa shape index (κ2) is 7.38. The van der Waals surface area contributed by atoms with Gasteiger partial charge >= 0.3 is 0 Å². The van der Waals surface area contributed by atoms with E-state index in [0.29, 0.717) is 18.7 Å². The highest BCUT2D eigenvalue weighted by atomic mass is 16.5. The maximum absolute atomic E-state index is 11.5. The van der Waals surface area contributed by atoms with Gasteiger partial charge < -0.3 is 19.9 Å². The predicted octanol–water partition coefficient (Wildman–Crippen LogP) is 3.52. The summed E-state index contributed by atoms with van der Waals surface area (Å²) in [7, 11) is 1.52. The van der Waals surface area contributed by atoms with Crippen molar-refractivity contribution in [3.63, 3.8) is 0 Å². The number of phenolic OH excluding ortho intramolecular Hbond substituents is 1. The van der Waals surface area contributed by atoms with E-state index in [1.807, 2.05) is 37.3 Å². The smallest absolute Gasteiger partial charge is 0.220 e. The lowest BCUT2D eigenvalue weighted by Crippen LogP contribution is -2.25. The summed E-state index contributed by atoms with van der Waals surface area (Å²) in [5.74, 6) is 1.42. The number of nitrogens with one attached hydrogen (secondary N) is 1. The molecule has 1 amide bonds. The minimum atomic E-state index is -0.119. The average molecular weight is 378 g/mol. The molecule has 6 heteroatoms. The van der Waals surface area contributed by atoms with Gasteiger partial charge in [0.2, 0.25) is 5.91 Å². The van der Waals surface area contributed by atoms with Gasteiger partial charge in [-0.25, -0.2) is 0 Å². The normalized spacial score (nSPS) is 17.4. The molecule has 1 fully saturated rings. The maximum atomic E-state index is 11.5. The predicted molar refractivity (Wildman–Crippen MR) is 107 cm³/mol. The molecule has 0 radical (unpaired) electrons. The van der Waals surface area contributed by atoms with Crippen molar-refractivity contribution in [2.24, 2.45) is 5.92 Å².